The molecular weight excluding hydrogens is 442 g/mol. The average molecular weight is 466 g/mol. The van der Waals surface area contributed by atoms with Crippen molar-refractivity contribution in [1.29, 1.82) is 0 Å². The Balaban J connectivity index is 1.80. The molecule has 8 nitrogen and oxygen atoms in total. The summed E-state index contributed by atoms with van der Waals surface area (Å²) in [7, 11) is -2.56. The van der Waals surface area contributed by atoms with Gasteiger partial charge in [-0.15, -0.1) is 0 Å². The number of likely N-dealkylation sites (N-methyl/N-ethyl adjacent to an activating group) is 1. The van der Waals surface area contributed by atoms with Gasteiger partial charge < -0.3 is 15.0 Å². The zero-order chi connectivity index (χ0) is 22.6. The van der Waals surface area contributed by atoms with E-state index >= 15 is 0 Å². The van der Waals surface area contributed by atoms with Crippen molar-refractivity contribution in [3.05, 3.63) is 53.6 Å². The third kappa shape index (κ3) is 5.17. The smallest absolute Gasteiger partial charge is 0.262 e. The van der Waals surface area contributed by atoms with Crippen molar-refractivity contribution in [1.82, 2.24) is 9.62 Å². The van der Waals surface area contributed by atoms with E-state index in [-0.39, 0.29) is 17.3 Å². The van der Waals surface area contributed by atoms with Gasteiger partial charge in [0.2, 0.25) is 15.9 Å². The molecule has 0 fully saturated rings. The summed E-state index contributed by atoms with van der Waals surface area (Å²) in [5.74, 6) is -0.401. The molecule has 1 aliphatic rings. The summed E-state index contributed by atoms with van der Waals surface area (Å²) in [5.41, 5.74) is 0.490. The minimum Gasteiger partial charge on any atom is -0.477 e. The van der Waals surface area contributed by atoms with Gasteiger partial charge in [-0.05, 0) is 42.8 Å². The number of sulfonamides is 1. The van der Waals surface area contributed by atoms with Gasteiger partial charge in [0.25, 0.3) is 5.91 Å². The van der Waals surface area contributed by atoms with Gasteiger partial charge in [0.05, 0.1) is 23.7 Å². The van der Waals surface area contributed by atoms with Crippen molar-refractivity contribution >= 4 is 39.1 Å². The maximum absolute atomic E-state index is 13.1. The number of anilines is 1. The molecule has 1 N–H and O–H groups in total. The molecule has 0 spiro atoms. The predicted molar refractivity (Wildman–Crippen MR) is 118 cm³/mol. The van der Waals surface area contributed by atoms with Crippen LogP contribution in [0.4, 0.5) is 5.69 Å². The van der Waals surface area contributed by atoms with Gasteiger partial charge in [-0.2, -0.15) is 4.31 Å². The molecule has 0 radical (unpaired) electrons. The average Bonchev–Trinajstić information content (AvgIpc) is 2.76. The number of benzene rings is 2. The molecular formula is C21H24ClN3O5S. The van der Waals surface area contributed by atoms with Crippen LogP contribution in [0.1, 0.15) is 13.3 Å². The second-order valence-corrected chi connectivity index (χ2v) is 9.57. The van der Waals surface area contributed by atoms with E-state index in [1.165, 1.54) is 36.2 Å². The summed E-state index contributed by atoms with van der Waals surface area (Å²) in [5, 5.41) is 3.18. The van der Waals surface area contributed by atoms with Gasteiger partial charge in [-0.25, -0.2) is 8.42 Å². The summed E-state index contributed by atoms with van der Waals surface area (Å²) < 4.78 is 32.4. The number of carbonyl (C=O) groups excluding carboxylic acids is 2. The second-order valence-electron chi connectivity index (χ2n) is 7.08. The van der Waals surface area contributed by atoms with E-state index in [9.17, 15) is 18.0 Å². The lowest BCUT2D eigenvalue weighted by Crippen LogP contribution is -2.52. The van der Waals surface area contributed by atoms with E-state index in [0.717, 1.165) is 10.7 Å². The number of hydrogen-bond acceptors (Lipinski definition) is 5. The highest BCUT2D eigenvalue weighted by molar-refractivity contribution is 7.89. The summed E-state index contributed by atoms with van der Waals surface area (Å²) in [6.07, 6.45) is -0.117. The molecule has 1 atom stereocenters. The minimum absolute atomic E-state index is 0.0137. The van der Waals surface area contributed by atoms with E-state index in [0.29, 0.717) is 23.0 Å². The predicted octanol–water partition coefficient (Wildman–Crippen LogP) is 2.28. The molecule has 0 saturated carbocycles. The molecule has 0 bridgehead atoms. The summed E-state index contributed by atoms with van der Waals surface area (Å²) in [6, 6.07) is 12.6. The van der Waals surface area contributed by atoms with Crippen LogP contribution in [0, 0.1) is 0 Å². The summed E-state index contributed by atoms with van der Waals surface area (Å²) in [6.45, 7) is 2.02. The number of fused-ring (bicyclic) bond motifs is 1. The van der Waals surface area contributed by atoms with E-state index in [4.69, 9.17) is 16.3 Å². The van der Waals surface area contributed by atoms with Crippen LogP contribution in [-0.4, -0.2) is 57.3 Å². The zero-order valence-corrected chi connectivity index (χ0v) is 18.8. The number of hydrogen-bond donors (Lipinski definition) is 1. The third-order valence-corrected chi connectivity index (χ3v) is 6.87. The summed E-state index contributed by atoms with van der Waals surface area (Å²) in [4.78, 5) is 27.0. The maximum Gasteiger partial charge on any atom is 0.262 e. The van der Waals surface area contributed by atoms with Crippen LogP contribution in [-0.2, 0) is 19.6 Å². The first-order chi connectivity index (χ1) is 14.7. The first-order valence-electron chi connectivity index (χ1n) is 9.79. The lowest BCUT2D eigenvalue weighted by Gasteiger charge is -2.34. The van der Waals surface area contributed by atoms with Crippen LogP contribution in [0.25, 0.3) is 0 Å². The maximum atomic E-state index is 13.1. The Kier molecular flexibility index (Phi) is 7.19. The number of halogens is 1. The van der Waals surface area contributed by atoms with Crippen molar-refractivity contribution in [2.24, 2.45) is 0 Å². The molecule has 3 rings (SSSR count). The zero-order valence-electron chi connectivity index (χ0n) is 17.2. The molecule has 1 aliphatic heterocycles. The lowest BCUT2D eigenvalue weighted by atomic mass is 10.1. The highest BCUT2D eigenvalue weighted by Gasteiger charge is 2.35. The van der Waals surface area contributed by atoms with Crippen LogP contribution >= 0.6 is 11.6 Å². The Hall–Kier alpha value is -2.62. The van der Waals surface area contributed by atoms with Crippen molar-refractivity contribution in [3.63, 3.8) is 0 Å². The monoisotopic (exact) mass is 465 g/mol. The van der Waals surface area contributed by atoms with Crippen LogP contribution < -0.4 is 15.0 Å². The second kappa shape index (κ2) is 9.67. The van der Waals surface area contributed by atoms with Crippen molar-refractivity contribution in [2.45, 2.75) is 24.3 Å². The Morgan fingerprint density at radius 2 is 1.87 bits per heavy atom. The number of rotatable bonds is 7. The Labute approximate surface area is 186 Å². The SMILES string of the molecule is CCCNC(=O)[C@@H]1CN(C(=O)CN(C)S(=O)(=O)c2ccc(Cl)cc2)c2ccccc2O1. The van der Waals surface area contributed by atoms with Crippen LogP contribution in [0.15, 0.2) is 53.4 Å². The van der Waals surface area contributed by atoms with Gasteiger partial charge in [0.1, 0.15) is 5.75 Å². The fourth-order valence-corrected chi connectivity index (χ4v) is 4.36. The molecule has 1 heterocycles. The van der Waals surface area contributed by atoms with Crippen LogP contribution in [0.3, 0.4) is 0 Å². The number of nitrogens with zero attached hydrogens (tertiary/aromatic N) is 2. The minimum atomic E-state index is -3.89. The molecule has 0 saturated heterocycles. The van der Waals surface area contributed by atoms with Gasteiger partial charge in [0, 0.05) is 18.6 Å². The first kappa shape index (κ1) is 23.1. The van der Waals surface area contributed by atoms with Gasteiger partial charge in [-0.1, -0.05) is 30.7 Å². The molecule has 2 aromatic rings. The fourth-order valence-electron chi connectivity index (χ4n) is 3.12. The van der Waals surface area contributed by atoms with Crippen LogP contribution in [0.5, 0.6) is 5.75 Å². The van der Waals surface area contributed by atoms with Gasteiger partial charge in [-0.3, -0.25) is 9.59 Å². The number of para-hydroxylation sites is 2. The Bertz CT molecular complexity index is 1060. The molecule has 2 aromatic carbocycles. The molecule has 2 amide bonds. The number of nitrogens with one attached hydrogen (secondary N) is 1. The number of amides is 2. The van der Waals surface area contributed by atoms with Gasteiger partial charge >= 0.3 is 0 Å². The fraction of sp³-hybridized carbons (Fsp3) is 0.333. The molecule has 166 valence electrons. The molecule has 31 heavy (non-hydrogen) atoms. The lowest BCUT2D eigenvalue weighted by molar-refractivity contribution is -0.128. The van der Waals surface area contributed by atoms with E-state index in [1.807, 2.05) is 6.92 Å². The highest BCUT2D eigenvalue weighted by atomic mass is 35.5. The summed E-state index contributed by atoms with van der Waals surface area (Å²) >= 11 is 5.83. The molecule has 0 aliphatic carbocycles. The molecule has 0 aromatic heterocycles. The largest absolute Gasteiger partial charge is 0.477 e. The number of carbonyl (C=O) groups is 2. The van der Waals surface area contributed by atoms with E-state index in [1.54, 1.807) is 24.3 Å². The quantitative estimate of drug-likeness (QED) is 0.676. The van der Waals surface area contributed by atoms with Crippen molar-refractivity contribution in [2.75, 3.05) is 31.6 Å². The first-order valence-corrected chi connectivity index (χ1v) is 11.6. The normalized spacial score (nSPS) is 15.9. The Morgan fingerprint density at radius 3 is 2.55 bits per heavy atom. The van der Waals surface area contributed by atoms with Crippen molar-refractivity contribution < 1.29 is 22.7 Å². The van der Waals surface area contributed by atoms with Gasteiger partial charge in [0.15, 0.2) is 6.10 Å². The standard InChI is InChI=1S/C21H24ClN3O5S/c1-3-12-23-21(27)19-13-25(17-6-4-5-7-18(17)30-19)20(26)14-24(2)31(28,29)16-10-8-15(22)9-11-16/h4-11,19H,3,12-14H2,1-2H3,(H,23,27)/t19-/m0/s1. The topological polar surface area (TPSA) is 96.0 Å². The number of ether oxygens (including phenoxy) is 1. The Morgan fingerprint density at radius 1 is 1.19 bits per heavy atom. The van der Waals surface area contributed by atoms with Crippen LogP contribution in [0.2, 0.25) is 5.02 Å². The van der Waals surface area contributed by atoms with E-state index in [2.05, 4.69) is 5.32 Å². The van der Waals surface area contributed by atoms with Crippen molar-refractivity contribution in [3.8, 4) is 5.75 Å². The molecule has 10 heteroatoms. The van der Waals surface area contributed by atoms with E-state index < -0.39 is 28.6 Å². The highest BCUT2D eigenvalue weighted by Crippen LogP contribution is 2.33. The third-order valence-electron chi connectivity index (χ3n) is 4.80. The molecule has 0 unspecified atom stereocenters.